The Morgan fingerprint density at radius 2 is 2.11 bits per heavy atom. The smallest absolute Gasteiger partial charge is 0.261 e. The summed E-state index contributed by atoms with van der Waals surface area (Å²) in [5.74, 6) is 0.136. The average Bonchev–Trinajstić information content (AvgIpc) is 3.31. The number of aromatic amines is 1. The highest BCUT2D eigenvalue weighted by Gasteiger charge is 2.17. The van der Waals surface area contributed by atoms with Crippen molar-refractivity contribution >= 4 is 39.7 Å². The van der Waals surface area contributed by atoms with Crippen molar-refractivity contribution in [3.05, 3.63) is 57.3 Å². The average molecular weight is 402 g/mol. The molecule has 0 aliphatic rings. The van der Waals surface area contributed by atoms with Crippen LogP contribution >= 0.6 is 23.6 Å². The number of rotatable bonds is 4. The van der Waals surface area contributed by atoms with E-state index in [1.165, 1.54) is 23.5 Å². The lowest BCUT2D eigenvalue weighted by molar-refractivity contribution is 0.0953. The number of carbonyl (C=O) groups excluding carboxylic acids is 1. The highest BCUT2D eigenvalue weighted by Crippen LogP contribution is 2.30. The van der Waals surface area contributed by atoms with Crippen LogP contribution in [0.2, 0.25) is 0 Å². The third kappa shape index (κ3) is 3.17. The molecule has 3 aromatic heterocycles. The molecule has 3 heterocycles. The van der Waals surface area contributed by atoms with Crippen LogP contribution in [0.25, 0.3) is 15.9 Å². The monoisotopic (exact) mass is 402 g/mol. The van der Waals surface area contributed by atoms with E-state index in [9.17, 15) is 9.18 Å². The Morgan fingerprint density at radius 1 is 1.37 bits per heavy atom. The molecule has 0 aliphatic carbocycles. The second-order valence-electron chi connectivity index (χ2n) is 5.99. The number of nitrogens with one attached hydrogen (secondary N) is 2. The number of H-pyrrole nitrogens is 1. The van der Waals surface area contributed by atoms with Gasteiger partial charge in [-0.2, -0.15) is 10.2 Å². The van der Waals surface area contributed by atoms with E-state index < -0.39 is 0 Å². The molecule has 0 bridgehead atoms. The second kappa shape index (κ2) is 6.71. The molecular formula is C17H15FN6OS2. The SMILES string of the molecule is Cc1nn(-c2ccc(F)cc2)c2sc(C(=O)NCc3n[nH]c(=S)n3C)cc12. The predicted octanol–water partition coefficient (Wildman–Crippen LogP) is 3.26. The number of thiophene rings is 1. The number of fused-ring (bicyclic) bond motifs is 1. The predicted molar refractivity (Wildman–Crippen MR) is 103 cm³/mol. The summed E-state index contributed by atoms with van der Waals surface area (Å²) in [7, 11) is 1.79. The van der Waals surface area contributed by atoms with E-state index >= 15 is 0 Å². The number of halogens is 1. The standard InChI is InChI=1S/C17H15FN6OS2/c1-9-12-7-13(15(25)19-8-14-20-21-17(26)23(14)2)27-16(12)24(22-9)11-5-3-10(18)4-6-11/h3-7H,8H2,1-2H3,(H,19,25)(H,21,26). The van der Waals surface area contributed by atoms with Gasteiger partial charge in [0.1, 0.15) is 10.6 Å². The number of hydrogen-bond acceptors (Lipinski definition) is 5. The molecule has 0 unspecified atom stereocenters. The highest BCUT2D eigenvalue weighted by atomic mass is 32.1. The Balaban J connectivity index is 1.62. The van der Waals surface area contributed by atoms with Crippen LogP contribution in [0.5, 0.6) is 0 Å². The highest BCUT2D eigenvalue weighted by molar-refractivity contribution is 7.71. The lowest BCUT2D eigenvalue weighted by atomic mass is 10.3. The molecule has 0 fully saturated rings. The fourth-order valence-electron chi connectivity index (χ4n) is 2.70. The van der Waals surface area contributed by atoms with E-state index in [4.69, 9.17) is 12.2 Å². The lowest BCUT2D eigenvalue weighted by Crippen LogP contribution is -2.23. The molecule has 4 aromatic rings. The van der Waals surface area contributed by atoms with Crippen molar-refractivity contribution in [2.75, 3.05) is 0 Å². The van der Waals surface area contributed by atoms with Gasteiger partial charge in [-0.25, -0.2) is 9.07 Å². The minimum atomic E-state index is -0.307. The van der Waals surface area contributed by atoms with Crippen molar-refractivity contribution in [2.24, 2.45) is 7.05 Å². The van der Waals surface area contributed by atoms with Gasteiger partial charge in [-0.05, 0) is 49.5 Å². The van der Waals surface area contributed by atoms with Crippen LogP contribution in [0.4, 0.5) is 4.39 Å². The van der Waals surface area contributed by atoms with Crippen molar-refractivity contribution in [2.45, 2.75) is 13.5 Å². The van der Waals surface area contributed by atoms with Crippen molar-refractivity contribution in [3.8, 4) is 5.69 Å². The van der Waals surface area contributed by atoms with Gasteiger partial charge in [0.05, 0.1) is 22.8 Å². The molecule has 0 spiro atoms. The van der Waals surface area contributed by atoms with E-state index in [0.29, 0.717) is 15.5 Å². The second-order valence-corrected chi connectivity index (χ2v) is 7.41. The molecule has 2 N–H and O–H groups in total. The number of carbonyl (C=O) groups is 1. The number of benzene rings is 1. The Hall–Kier alpha value is -2.85. The molecule has 0 saturated carbocycles. The summed E-state index contributed by atoms with van der Waals surface area (Å²) in [6.07, 6.45) is 0. The zero-order valence-corrected chi connectivity index (χ0v) is 16.1. The quantitative estimate of drug-likeness (QED) is 0.514. The van der Waals surface area contributed by atoms with Crippen molar-refractivity contribution in [3.63, 3.8) is 0 Å². The first kappa shape index (κ1) is 17.6. The van der Waals surface area contributed by atoms with Crippen LogP contribution in [-0.4, -0.2) is 30.5 Å². The molecule has 138 valence electrons. The molecule has 7 nitrogen and oxygen atoms in total. The Kier molecular flexibility index (Phi) is 4.36. The van der Waals surface area contributed by atoms with Gasteiger partial charge < -0.3 is 9.88 Å². The number of hydrogen-bond donors (Lipinski definition) is 2. The molecule has 27 heavy (non-hydrogen) atoms. The van der Waals surface area contributed by atoms with Gasteiger partial charge in [-0.1, -0.05) is 0 Å². The summed E-state index contributed by atoms with van der Waals surface area (Å²) in [6.45, 7) is 2.14. The van der Waals surface area contributed by atoms with Crippen LogP contribution in [-0.2, 0) is 13.6 Å². The third-order valence-electron chi connectivity index (χ3n) is 4.22. The Bertz CT molecular complexity index is 1200. The van der Waals surface area contributed by atoms with Crippen molar-refractivity contribution < 1.29 is 9.18 Å². The summed E-state index contributed by atoms with van der Waals surface area (Å²) in [5, 5.41) is 15.0. The van der Waals surface area contributed by atoms with Gasteiger partial charge in [0.15, 0.2) is 10.6 Å². The molecule has 1 aromatic carbocycles. The van der Waals surface area contributed by atoms with Crippen LogP contribution in [0.3, 0.4) is 0 Å². The van der Waals surface area contributed by atoms with Gasteiger partial charge in [-0.15, -0.1) is 11.3 Å². The molecule has 0 atom stereocenters. The largest absolute Gasteiger partial charge is 0.344 e. The van der Waals surface area contributed by atoms with Crippen LogP contribution in [0.15, 0.2) is 30.3 Å². The van der Waals surface area contributed by atoms with Crippen LogP contribution in [0.1, 0.15) is 21.2 Å². The van der Waals surface area contributed by atoms with Gasteiger partial charge >= 0.3 is 0 Å². The minimum absolute atomic E-state index is 0.199. The molecule has 0 radical (unpaired) electrons. The van der Waals surface area contributed by atoms with Gasteiger partial charge in [-0.3, -0.25) is 9.89 Å². The topological polar surface area (TPSA) is 80.5 Å². The van der Waals surface area contributed by atoms with Crippen molar-refractivity contribution in [1.82, 2.24) is 29.9 Å². The maximum absolute atomic E-state index is 13.2. The van der Waals surface area contributed by atoms with E-state index in [0.717, 1.165) is 21.6 Å². The first-order chi connectivity index (χ1) is 12.9. The fraction of sp³-hybridized carbons (Fsp3) is 0.176. The zero-order chi connectivity index (χ0) is 19.1. The van der Waals surface area contributed by atoms with Crippen LogP contribution < -0.4 is 5.32 Å². The van der Waals surface area contributed by atoms with E-state index in [1.807, 2.05) is 13.0 Å². The van der Waals surface area contributed by atoms with Gasteiger partial charge in [0, 0.05) is 12.4 Å². The summed E-state index contributed by atoms with van der Waals surface area (Å²) < 4.78 is 17.1. The normalized spacial score (nSPS) is 11.2. The molecule has 1 amide bonds. The number of nitrogens with zero attached hydrogens (tertiary/aromatic N) is 4. The summed E-state index contributed by atoms with van der Waals surface area (Å²) >= 11 is 6.40. The molecule has 0 aliphatic heterocycles. The number of aromatic nitrogens is 5. The van der Waals surface area contributed by atoms with Crippen LogP contribution in [0, 0.1) is 17.5 Å². The fourth-order valence-corrected chi connectivity index (χ4v) is 3.95. The number of aryl methyl sites for hydroxylation is 1. The van der Waals surface area contributed by atoms with E-state index in [2.05, 4.69) is 20.6 Å². The molecule has 10 heteroatoms. The Morgan fingerprint density at radius 3 is 2.78 bits per heavy atom. The summed E-state index contributed by atoms with van der Waals surface area (Å²) in [4.78, 5) is 14.0. The molecule has 4 rings (SSSR count). The summed E-state index contributed by atoms with van der Waals surface area (Å²) in [6, 6.07) is 7.91. The van der Waals surface area contributed by atoms with E-state index in [-0.39, 0.29) is 18.3 Å². The number of amides is 1. The first-order valence-electron chi connectivity index (χ1n) is 8.07. The lowest BCUT2D eigenvalue weighted by Gasteiger charge is -2.03. The molecular weight excluding hydrogens is 387 g/mol. The van der Waals surface area contributed by atoms with Gasteiger partial charge in [0.2, 0.25) is 0 Å². The zero-order valence-electron chi connectivity index (χ0n) is 14.5. The van der Waals surface area contributed by atoms with Crippen molar-refractivity contribution in [1.29, 1.82) is 0 Å². The maximum atomic E-state index is 13.2. The molecule has 0 saturated heterocycles. The van der Waals surface area contributed by atoms with E-state index in [1.54, 1.807) is 28.4 Å². The van der Waals surface area contributed by atoms with Gasteiger partial charge in [0.25, 0.3) is 5.91 Å². The maximum Gasteiger partial charge on any atom is 0.261 e. The third-order valence-corrected chi connectivity index (χ3v) is 5.69. The minimum Gasteiger partial charge on any atom is -0.344 e. The Labute approximate surface area is 162 Å². The summed E-state index contributed by atoms with van der Waals surface area (Å²) in [5.41, 5.74) is 1.55. The first-order valence-corrected chi connectivity index (χ1v) is 9.30.